The molecular formula is C15H26N2OS. The first kappa shape index (κ1) is 14.9. The van der Waals surface area contributed by atoms with Crippen molar-refractivity contribution in [3.63, 3.8) is 0 Å². The fourth-order valence-corrected chi connectivity index (χ4v) is 4.01. The number of hydrogen-bond acceptors (Lipinski definition) is 4. The molecule has 1 unspecified atom stereocenters. The lowest BCUT2D eigenvalue weighted by molar-refractivity contribution is -0.0531. The van der Waals surface area contributed by atoms with Crippen LogP contribution in [0, 0.1) is 5.92 Å². The van der Waals surface area contributed by atoms with Crippen LogP contribution >= 0.6 is 11.3 Å². The van der Waals surface area contributed by atoms with Crippen molar-refractivity contribution < 1.29 is 4.74 Å². The van der Waals surface area contributed by atoms with Crippen LogP contribution in [0.15, 0.2) is 6.20 Å². The normalized spacial score (nSPS) is 29.4. The largest absolute Gasteiger partial charge is 0.371 e. The number of nitrogens with zero attached hydrogens (tertiary/aromatic N) is 1. The molecule has 1 fully saturated rings. The minimum atomic E-state index is -0.124. The Morgan fingerprint density at radius 2 is 2.21 bits per heavy atom. The lowest BCUT2D eigenvalue weighted by Crippen LogP contribution is -2.33. The van der Waals surface area contributed by atoms with Gasteiger partial charge in [0.25, 0.3) is 0 Å². The molecule has 0 aromatic carbocycles. The van der Waals surface area contributed by atoms with Crippen molar-refractivity contribution in [1.29, 1.82) is 0 Å². The second-order valence-corrected chi connectivity index (χ2v) is 6.79. The van der Waals surface area contributed by atoms with Crippen molar-refractivity contribution in [3.8, 4) is 0 Å². The Labute approximate surface area is 120 Å². The predicted molar refractivity (Wildman–Crippen MR) is 80.5 cm³/mol. The first-order valence-corrected chi connectivity index (χ1v) is 8.17. The van der Waals surface area contributed by atoms with Gasteiger partial charge in [0.1, 0.15) is 10.6 Å². The molecule has 108 valence electrons. The summed E-state index contributed by atoms with van der Waals surface area (Å²) in [6.07, 6.45) is 6.71. The van der Waals surface area contributed by atoms with Crippen molar-refractivity contribution in [2.45, 2.75) is 58.1 Å². The zero-order valence-electron chi connectivity index (χ0n) is 12.5. The van der Waals surface area contributed by atoms with E-state index in [1.165, 1.54) is 22.7 Å². The number of nitrogens with one attached hydrogen (secondary N) is 1. The van der Waals surface area contributed by atoms with Crippen LogP contribution in [-0.2, 0) is 10.3 Å². The number of methoxy groups -OCH3 is 1. The summed E-state index contributed by atoms with van der Waals surface area (Å²) in [5, 5.41) is 4.61. The zero-order chi connectivity index (χ0) is 13.9. The molecule has 1 saturated carbocycles. The minimum absolute atomic E-state index is 0.124. The van der Waals surface area contributed by atoms with Crippen LogP contribution in [0.25, 0.3) is 0 Å². The molecule has 0 bridgehead atoms. The standard InChI is InChI=1S/C15H26N2OS/c1-5-16-12(3)13-10-17-14(19-13)15(18-4)8-6-11(2)7-9-15/h10-12,16H,5-9H2,1-4H3. The van der Waals surface area contributed by atoms with Crippen molar-refractivity contribution in [2.24, 2.45) is 5.92 Å². The summed E-state index contributed by atoms with van der Waals surface area (Å²) in [6.45, 7) is 7.66. The molecule has 0 aliphatic heterocycles. The van der Waals surface area contributed by atoms with Crippen LogP contribution in [0.3, 0.4) is 0 Å². The predicted octanol–water partition coefficient (Wildman–Crippen LogP) is 3.87. The molecule has 1 N–H and O–H groups in total. The number of rotatable bonds is 5. The summed E-state index contributed by atoms with van der Waals surface area (Å²) in [6, 6.07) is 0.382. The van der Waals surface area contributed by atoms with E-state index in [4.69, 9.17) is 4.74 Å². The van der Waals surface area contributed by atoms with Gasteiger partial charge in [0.2, 0.25) is 0 Å². The Morgan fingerprint density at radius 3 is 2.79 bits per heavy atom. The first-order chi connectivity index (χ1) is 9.11. The molecule has 0 saturated heterocycles. The van der Waals surface area contributed by atoms with Crippen LogP contribution in [0.5, 0.6) is 0 Å². The van der Waals surface area contributed by atoms with Crippen molar-refractivity contribution in [1.82, 2.24) is 10.3 Å². The summed E-state index contributed by atoms with van der Waals surface area (Å²) in [5.41, 5.74) is -0.124. The number of hydrogen-bond donors (Lipinski definition) is 1. The second kappa shape index (κ2) is 6.33. The Morgan fingerprint density at radius 1 is 1.53 bits per heavy atom. The van der Waals surface area contributed by atoms with E-state index in [-0.39, 0.29) is 5.60 Å². The first-order valence-electron chi connectivity index (χ1n) is 7.36. The van der Waals surface area contributed by atoms with Gasteiger partial charge in [-0.25, -0.2) is 4.98 Å². The van der Waals surface area contributed by atoms with Crippen LogP contribution < -0.4 is 5.32 Å². The van der Waals surface area contributed by atoms with Gasteiger partial charge < -0.3 is 10.1 Å². The topological polar surface area (TPSA) is 34.2 Å². The molecule has 1 atom stereocenters. The van der Waals surface area contributed by atoms with E-state index < -0.39 is 0 Å². The smallest absolute Gasteiger partial charge is 0.125 e. The highest BCUT2D eigenvalue weighted by atomic mass is 32.1. The second-order valence-electron chi connectivity index (χ2n) is 5.73. The molecule has 3 nitrogen and oxygen atoms in total. The Bertz CT molecular complexity index is 397. The molecule has 0 amide bonds. The molecule has 0 spiro atoms. The SMILES string of the molecule is CCNC(C)c1cnc(C2(OC)CCC(C)CC2)s1. The lowest BCUT2D eigenvalue weighted by atomic mass is 9.80. The van der Waals surface area contributed by atoms with Crippen molar-refractivity contribution in [3.05, 3.63) is 16.1 Å². The van der Waals surface area contributed by atoms with Gasteiger partial charge in [-0.2, -0.15) is 0 Å². The van der Waals surface area contributed by atoms with E-state index in [0.29, 0.717) is 6.04 Å². The van der Waals surface area contributed by atoms with Gasteiger partial charge >= 0.3 is 0 Å². The number of aromatic nitrogens is 1. The molecule has 0 radical (unpaired) electrons. The molecule has 19 heavy (non-hydrogen) atoms. The number of ether oxygens (including phenoxy) is 1. The molecule has 1 aliphatic carbocycles. The number of thiazole rings is 1. The highest BCUT2D eigenvalue weighted by Gasteiger charge is 2.38. The maximum Gasteiger partial charge on any atom is 0.125 e. The maximum absolute atomic E-state index is 5.89. The third-order valence-electron chi connectivity index (χ3n) is 4.32. The van der Waals surface area contributed by atoms with E-state index >= 15 is 0 Å². The van der Waals surface area contributed by atoms with Crippen LogP contribution in [0.1, 0.15) is 62.4 Å². The van der Waals surface area contributed by atoms with Gasteiger partial charge in [-0.05, 0) is 45.1 Å². The third-order valence-corrected chi connectivity index (χ3v) is 5.69. The minimum Gasteiger partial charge on any atom is -0.371 e. The van der Waals surface area contributed by atoms with E-state index in [2.05, 4.69) is 31.1 Å². The van der Waals surface area contributed by atoms with Crippen molar-refractivity contribution in [2.75, 3.05) is 13.7 Å². The van der Waals surface area contributed by atoms with Crippen LogP contribution in [0.4, 0.5) is 0 Å². The van der Waals surface area contributed by atoms with Gasteiger partial charge in [0.15, 0.2) is 0 Å². The van der Waals surface area contributed by atoms with Crippen LogP contribution in [0.2, 0.25) is 0 Å². The summed E-state index contributed by atoms with van der Waals surface area (Å²) >= 11 is 1.81. The average Bonchev–Trinajstić information content (AvgIpc) is 2.91. The van der Waals surface area contributed by atoms with Gasteiger partial charge in [0.05, 0.1) is 0 Å². The summed E-state index contributed by atoms with van der Waals surface area (Å²) in [4.78, 5) is 5.98. The van der Waals surface area contributed by atoms with E-state index in [0.717, 1.165) is 25.3 Å². The summed E-state index contributed by atoms with van der Waals surface area (Å²) < 4.78 is 5.89. The fraction of sp³-hybridized carbons (Fsp3) is 0.800. The fourth-order valence-electron chi connectivity index (χ4n) is 2.84. The Kier molecular flexibility index (Phi) is 4.98. The summed E-state index contributed by atoms with van der Waals surface area (Å²) in [7, 11) is 1.84. The highest BCUT2D eigenvalue weighted by Crippen LogP contribution is 2.43. The van der Waals surface area contributed by atoms with E-state index in [1.807, 2.05) is 24.6 Å². The molecule has 2 rings (SSSR count). The molecule has 4 heteroatoms. The van der Waals surface area contributed by atoms with Gasteiger partial charge in [0, 0.05) is 24.2 Å². The molecular weight excluding hydrogens is 256 g/mol. The average molecular weight is 282 g/mol. The van der Waals surface area contributed by atoms with Gasteiger partial charge in [-0.3, -0.25) is 0 Å². The Balaban J connectivity index is 2.15. The lowest BCUT2D eigenvalue weighted by Gasteiger charge is -2.36. The molecule has 1 heterocycles. The van der Waals surface area contributed by atoms with Crippen molar-refractivity contribution >= 4 is 11.3 Å². The summed E-state index contributed by atoms with van der Waals surface area (Å²) in [5.74, 6) is 0.823. The molecule has 1 aliphatic rings. The van der Waals surface area contributed by atoms with Crippen LogP contribution in [-0.4, -0.2) is 18.6 Å². The van der Waals surface area contributed by atoms with E-state index in [1.54, 1.807) is 0 Å². The maximum atomic E-state index is 5.89. The highest BCUT2D eigenvalue weighted by molar-refractivity contribution is 7.11. The third kappa shape index (κ3) is 3.18. The van der Waals surface area contributed by atoms with Gasteiger partial charge in [-0.15, -0.1) is 11.3 Å². The Hall–Kier alpha value is -0.450. The molecule has 1 aromatic heterocycles. The molecule has 1 aromatic rings. The zero-order valence-corrected chi connectivity index (χ0v) is 13.3. The quantitative estimate of drug-likeness (QED) is 0.890. The monoisotopic (exact) mass is 282 g/mol. The van der Waals surface area contributed by atoms with E-state index in [9.17, 15) is 0 Å². The van der Waals surface area contributed by atoms with Gasteiger partial charge in [-0.1, -0.05) is 13.8 Å².